The van der Waals surface area contributed by atoms with E-state index in [4.69, 9.17) is 0 Å². The number of H-pyrrole nitrogens is 1. The molecule has 1 aromatic carbocycles. The molecule has 15 heavy (non-hydrogen) atoms. The predicted octanol–water partition coefficient (Wildman–Crippen LogP) is 1.19. The average Bonchev–Trinajstić information content (AvgIpc) is 2.59. The smallest absolute Gasteiger partial charge is 0.266 e. The quantitative estimate of drug-likeness (QED) is 0.744. The summed E-state index contributed by atoms with van der Waals surface area (Å²) in [6.07, 6.45) is 0.778. The fourth-order valence-corrected chi connectivity index (χ4v) is 1.47. The highest BCUT2D eigenvalue weighted by atomic mass is 16.1. The zero-order valence-electron chi connectivity index (χ0n) is 8.23. The summed E-state index contributed by atoms with van der Waals surface area (Å²) < 4.78 is 1.37. The Morgan fingerprint density at radius 1 is 1.33 bits per heavy atom. The number of hydrogen-bond donors (Lipinski definition) is 1. The molecule has 0 saturated heterocycles. The second-order valence-electron chi connectivity index (χ2n) is 3.27. The lowest BCUT2D eigenvalue weighted by atomic mass is 10.1. The number of nitrogens with one attached hydrogen (secondary N) is 1. The summed E-state index contributed by atoms with van der Waals surface area (Å²) in [5.74, 6) is 0. The van der Waals surface area contributed by atoms with Gasteiger partial charge in [0.15, 0.2) is 6.29 Å². The van der Waals surface area contributed by atoms with Gasteiger partial charge in [-0.05, 0) is 0 Å². The molecule has 2 rings (SSSR count). The van der Waals surface area contributed by atoms with E-state index in [0.717, 1.165) is 11.8 Å². The standard InChI is InChI=1S/C11H10N2O2/c1-13-11(15)6-10(12-13)9-5-3-2-4-8(9)7-14/h2-7,12H,1H3. The lowest BCUT2D eigenvalue weighted by Gasteiger charge is -2.00. The number of benzene rings is 1. The molecule has 0 atom stereocenters. The molecule has 0 unspecified atom stereocenters. The second-order valence-corrected chi connectivity index (χ2v) is 3.27. The van der Waals surface area contributed by atoms with E-state index in [1.54, 1.807) is 25.2 Å². The number of aromatic amines is 1. The van der Waals surface area contributed by atoms with Crippen LogP contribution in [0.1, 0.15) is 10.4 Å². The number of aryl methyl sites for hydroxylation is 1. The van der Waals surface area contributed by atoms with Gasteiger partial charge in [-0.25, -0.2) is 0 Å². The van der Waals surface area contributed by atoms with Gasteiger partial charge in [-0.2, -0.15) is 0 Å². The van der Waals surface area contributed by atoms with E-state index in [0.29, 0.717) is 11.3 Å². The van der Waals surface area contributed by atoms with E-state index in [1.165, 1.54) is 10.7 Å². The van der Waals surface area contributed by atoms with Crippen LogP contribution in [0.25, 0.3) is 11.3 Å². The molecule has 0 bridgehead atoms. The minimum absolute atomic E-state index is 0.120. The third kappa shape index (κ3) is 1.61. The van der Waals surface area contributed by atoms with E-state index < -0.39 is 0 Å². The summed E-state index contributed by atoms with van der Waals surface area (Å²) in [6, 6.07) is 8.60. The highest BCUT2D eigenvalue weighted by Crippen LogP contribution is 2.18. The Labute approximate surface area is 86.1 Å². The van der Waals surface area contributed by atoms with E-state index in [-0.39, 0.29) is 5.56 Å². The highest BCUT2D eigenvalue weighted by molar-refractivity contribution is 5.86. The van der Waals surface area contributed by atoms with Gasteiger partial charge in [-0.1, -0.05) is 24.3 Å². The molecule has 2 aromatic rings. The number of nitrogens with zero attached hydrogens (tertiary/aromatic N) is 1. The van der Waals surface area contributed by atoms with Crippen molar-refractivity contribution >= 4 is 6.29 Å². The van der Waals surface area contributed by atoms with Gasteiger partial charge in [0.1, 0.15) is 0 Å². The summed E-state index contributed by atoms with van der Waals surface area (Å²) in [4.78, 5) is 22.0. The molecule has 0 spiro atoms. The highest BCUT2D eigenvalue weighted by Gasteiger charge is 2.06. The molecule has 1 N–H and O–H groups in total. The first-order chi connectivity index (χ1) is 7.22. The molecule has 1 aromatic heterocycles. The van der Waals surface area contributed by atoms with Gasteiger partial charge < -0.3 is 0 Å². The van der Waals surface area contributed by atoms with Crippen molar-refractivity contribution in [2.24, 2.45) is 7.05 Å². The summed E-state index contributed by atoms with van der Waals surface area (Å²) in [7, 11) is 1.63. The Balaban J connectivity index is 2.63. The number of carbonyl (C=O) groups is 1. The first-order valence-corrected chi connectivity index (χ1v) is 4.53. The maximum Gasteiger partial charge on any atom is 0.266 e. The molecule has 0 radical (unpaired) electrons. The lowest BCUT2D eigenvalue weighted by molar-refractivity contribution is 0.112. The molecule has 76 valence electrons. The van der Waals surface area contributed by atoms with Crippen molar-refractivity contribution in [3.05, 3.63) is 46.2 Å². The van der Waals surface area contributed by atoms with Gasteiger partial charge in [-0.3, -0.25) is 19.4 Å². The van der Waals surface area contributed by atoms with Crippen LogP contribution in [-0.4, -0.2) is 16.1 Å². The Hall–Kier alpha value is -2.10. The minimum atomic E-state index is -0.120. The van der Waals surface area contributed by atoms with Crippen LogP contribution in [0, 0.1) is 0 Å². The van der Waals surface area contributed by atoms with Crippen LogP contribution in [0.2, 0.25) is 0 Å². The molecule has 4 heteroatoms. The number of aldehydes is 1. The minimum Gasteiger partial charge on any atom is -0.298 e. The Kier molecular flexibility index (Phi) is 2.25. The third-order valence-electron chi connectivity index (χ3n) is 2.26. The van der Waals surface area contributed by atoms with Crippen molar-refractivity contribution in [3.63, 3.8) is 0 Å². The fraction of sp³-hybridized carbons (Fsp3) is 0.0909. The van der Waals surface area contributed by atoms with Crippen LogP contribution >= 0.6 is 0 Å². The van der Waals surface area contributed by atoms with E-state index in [2.05, 4.69) is 5.10 Å². The van der Waals surface area contributed by atoms with Crippen LogP contribution in [0.15, 0.2) is 35.1 Å². The van der Waals surface area contributed by atoms with Gasteiger partial charge in [0.05, 0.1) is 5.69 Å². The number of rotatable bonds is 2. The van der Waals surface area contributed by atoms with E-state index in [1.807, 2.05) is 6.07 Å². The monoisotopic (exact) mass is 202 g/mol. The van der Waals surface area contributed by atoms with Crippen molar-refractivity contribution in [1.82, 2.24) is 9.78 Å². The summed E-state index contributed by atoms with van der Waals surface area (Å²) in [6.45, 7) is 0. The maximum absolute atomic E-state index is 11.3. The predicted molar refractivity (Wildman–Crippen MR) is 56.9 cm³/mol. The average molecular weight is 202 g/mol. The zero-order valence-corrected chi connectivity index (χ0v) is 8.23. The van der Waals surface area contributed by atoms with Crippen molar-refractivity contribution in [2.75, 3.05) is 0 Å². The van der Waals surface area contributed by atoms with Crippen LogP contribution in [0.3, 0.4) is 0 Å². The molecule has 4 nitrogen and oxygen atoms in total. The molecule has 0 aliphatic rings. The van der Waals surface area contributed by atoms with Crippen LogP contribution in [0.4, 0.5) is 0 Å². The second kappa shape index (κ2) is 3.57. The lowest BCUT2D eigenvalue weighted by Crippen LogP contribution is -2.09. The SMILES string of the molecule is Cn1[nH]c(-c2ccccc2C=O)cc1=O. The molecular formula is C11H10N2O2. The Morgan fingerprint density at radius 2 is 2.07 bits per heavy atom. The molecule has 0 fully saturated rings. The number of aromatic nitrogens is 2. The molecule has 1 heterocycles. The van der Waals surface area contributed by atoms with E-state index in [9.17, 15) is 9.59 Å². The van der Waals surface area contributed by atoms with Crippen molar-refractivity contribution in [3.8, 4) is 11.3 Å². The molecule has 0 amide bonds. The summed E-state index contributed by atoms with van der Waals surface area (Å²) >= 11 is 0. The van der Waals surface area contributed by atoms with Crippen LogP contribution < -0.4 is 5.56 Å². The van der Waals surface area contributed by atoms with E-state index >= 15 is 0 Å². The van der Waals surface area contributed by atoms with Gasteiger partial charge in [0.2, 0.25) is 0 Å². The Morgan fingerprint density at radius 3 is 2.67 bits per heavy atom. The third-order valence-corrected chi connectivity index (χ3v) is 2.26. The fourth-order valence-electron chi connectivity index (χ4n) is 1.47. The number of hydrogen-bond acceptors (Lipinski definition) is 2. The van der Waals surface area contributed by atoms with Gasteiger partial charge in [0.25, 0.3) is 5.56 Å². The van der Waals surface area contributed by atoms with Gasteiger partial charge in [0, 0.05) is 24.2 Å². The molecule has 0 aliphatic carbocycles. The van der Waals surface area contributed by atoms with Crippen molar-refractivity contribution in [2.45, 2.75) is 0 Å². The first kappa shape index (κ1) is 9.45. The maximum atomic E-state index is 11.3. The van der Waals surface area contributed by atoms with Crippen molar-refractivity contribution in [1.29, 1.82) is 0 Å². The molecule has 0 aliphatic heterocycles. The first-order valence-electron chi connectivity index (χ1n) is 4.53. The van der Waals surface area contributed by atoms with Crippen LogP contribution in [-0.2, 0) is 7.05 Å². The largest absolute Gasteiger partial charge is 0.298 e. The Bertz CT molecular complexity index is 552. The van der Waals surface area contributed by atoms with Crippen molar-refractivity contribution < 1.29 is 4.79 Å². The summed E-state index contributed by atoms with van der Waals surface area (Å²) in [5, 5.41) is 2.88. The van der Waals surface area contributed by atoms with Gasteiger partial charge >= 0.3 is 0 Å². The topological polar surface area (TPSA) is 54.9 Å². The molecular weight excluding hydrogens is 192 g/mol. The normalized spacial score (nSPS) is 10.2. The van der Waals surface area contributed by atoms with Gasteiger partial charge in [-0.15, -0.1) is 0 Å². The van der Waals surface area contributed by atoms with Crippen LogP contribution in [0.5, 0.6) is 0 Å². The molecule has 0 saturated carbocycles. The number of carbonyl (C=O) groups excluding carboxylic acids is 1. The zero-order chi connectivity index (χ0) is 10.8. The summed E-state index contributed by atoms with van der Waals surface area (Å²) in [5.41, 5.74) is 1.85.